The van der Waals surface area contributed by atoms with Crippen LogP contribution in [-0.4, -0.2) is 47.3 Å². The van der Waals surface area contributed by atoms with Gasteiger partial charge in [0.05, 0.1) is 11.3 Å². The molecule has 1 aliphatic heterocycles. The van der Waals surface area contributed by atoms with Crippen molar-refractivity contribution in [3.8, 4) is 0 Å². The molecule has 7 nitrogen and oxygen atoms in total. The first kappa shape index (κ1) is 16.3. The van der Waals surface area contributed by atoms with Gasteiger partial charge in [0.2, 0.25) is 5.89 Å². The molecule has 0 radical (unpaired) electrons. The number of hydrogen-bond acceptors (Lipinski definition) is 8. The number of piperidine rings is 1. The molecule has 3 aromatic heterocycles. The van der Waals surface area contributed by atoms with Gasteiger partial charge in [0.25, 0.3) is 5.95 Å². The van der Waals surface area contributed by atoms with Crippen LogP contribution >= 0.6 is 11.3 Å². The van der Waals surface area contributed by atoms with Crippen LogP contribution in [0.1, 0.15) is 36.0 Å². The molecule has 3 aromatic rings. The highest BCUT2D eigenvalue weighted by Crippen LogP contribution is 2.35. The Kier molecular flexibility index (Phi) is 4.07. The number of aryl methyl sites for hydroxylation is 2. The second-order valence-corrected chi connectivity index (χ2v) is 7.66. The van der Waals surface area contributed by atoms with Crippen LogP contribution in [0.5, 0.6) is 0 Å². The molecule has 1 saturated heterocycles. The molecular weight excluding hydrogens is 336 g/mol. The molecule has 0 saturated carbocycles. The van der Waals surface area contributed by atoms with E-state index in [1.165, 1.54) is 10.9 Å². The van der Waals surface area contributed by atoms with E-state index in [4.69, 9.17) is 9.51 Å². The second-order valence-electron chi connectivity index (χ2n) is 6.81. The van der Waals surface area contributed by atoms with Gasteiger partial charge in [-0.15, -0.1) is 11.3 Å². The molecule has 8 heteroatoms. The van der Waals surface area contributed by atoms with Gasteiger partial charge in [0, 0.05) is 27.2 Å². The molecule has 0 N–H and O–H groups in total. The highest BCUT2D eigenvalue weighted by Gasteiger charge is 2.28. The highest BCUT2D eigenvalue weighted by atomic mass is 32.1. The number of rotatable bonds is 3. The molecule has 25 heavy (non-hydrogen) atoms. The van der Waals surface area contributed by atoms with E-state index in [1.54, 1.807) is 11.3 Å². The maximum atomic E-state index is 5.51. The average molecular weight is 358 g/mol. The third-order valence-corrected chi connectivity index (χ3v) is 5.60. The Bertz CT molecular complexity index is 902. The van der Waals surface area contributed by atoms with Crippen LogP contribution in [0.15, 0.2) is 9.90 Å². The first-order valence-electron chi connectivity index (χ1n) is 8.51. The zero-order valence-corrected chi connectivity index (χ0v) is 15.8. The smallest absolute Gasteiger partial charge is 0.265 e. The lowest BCUT2D eigenvalue weighted by Crippen LogP contribution is -2.35. The van der Waals surface area contributed by atoms with Gasteiger partial charge < -0.3 is 14.3 Å². The third kappa shape index (κ3) is 2.95. The van der Waals surface area contributed by atoms with E-state index in [2.05, 4.69) is 32.3 Å². The Morgan fingerprint density at radius 1 is 1.24 bits per heavy atom. The maximum absolute atomic E-state index is 5.51. The van der Waals surface area contributed by atoms with E-state index in [0.717, 1.165) is 48.3 Å². The Morgan fingerprint density at radius 2 is 2.08 bits per heavy atom. The SMILES string of the molecule is Cc1nc(N2CCCC(c3nc(N(C)C)no3)C2)c2c(C)csc2n1. The molecule has 0 aromatic carbocycles. The van der Waals surface area contributed by atoms with Crippen LogP contribution in [-0.2, 0) is 0 Å². The monoisotopic (exact) mass is 358 g/mol. The van der Waals surface area contributed by atoms with E-state index < -0.39 is 0 Å². The van der Waals surface area contributed by atoms with Crippen molar-refractivity contribution < 1.29 is 4.52 Å². The quantitative estimate of drug-likeness (QED) is 0.712. The van der Waals surface area contributed by atoms with Crippen molar-refractivity contribution in [2.75, 3.05) is 37.0 Å². The fourth-order valence-corrected chi connectivity index (χ4v) is 4.30. The minimum Gasteiger partial charge on any atom is -0.355 e. The predicted molar refractivity (Wildman–Crippen MR) is 99.7 cm³/mol. The number of aromatic nitrogens is 4. The normalized spacial score (nSPS) is 18.1. The van der Waals surface area contributed by atoms with Gasteiger partial charge in [-0.1, -0.05) is 0 Å². The molecular formula is C17H22N6OS. The Balaban J connectivity index is 1.66. The van der Waals surface area contributed by atoms with E-state index in [9.17, 15) is 0 Å². The molecule has 4 heterocycles. The van der Waals surface area contributed by atoms with E-state index >= 15 is 0 Å². The number of fused-ring (bicyclic) bond motifs is 1. The summed E-state index contributed by atoms with van der Waals surface area (Å²) in [5, 5.41) is 7.39. The van der Waals surface area contributed by atoms with Crippen molar-refractivity contribution in [2.45, 2.75) is 32.6 Å². The first-order valence-corrected chi connectivity index (χ1v) is 9.39. The summed E-state index contributed by atoms with van der Waals surface area (Å²) in [5.41, 5.74) is 1.24. The van der Waals surface area contributed by atoms with Crippen LogP contribution in [0.2, 0.25) is 0 Å². The summed E-state index contributed by atoms with van der Waals surface area (Å²) in [7, 11) is 3.84. The molecule has 1 atom stereocenters. The van der Waals surface area contributed by atoms with E-state index in [0.29, 0.717) is 5.95 Å². The molecule has 1 aliphatic rings. The van der Waals surface area contributed by atoms with Crippen molar-refractivity contribution in [3.63, 3.8) is 0 Å². The van der Waals surface area contributed by atoms with Gasteiger partial charge in [-0.05, 0) is 42.8 Å². The minimum atomic E-state index is 0.235. The fraction of sp³-hybridized carbons (Fsp3) is 0.529. The first-order chi connectivity index (χ1) is 12.0. The third-order valence-electron chi connectivity index (χ3n) is 4.61. The summed E-state index contributed by atoms with van der Waals surface area (Å²) in [6.07, 6.45) is 2.14. The average Bonchev–Trinajstić information content (AvgIpc) is 3.22. The van der Waals surface area contributed by atoms with Gasteiger partial charge in [-0.25, -0.2) is 9.97 Å². The largest absolute Gasteiger partial charge is 0.355 e. The van der Waals surface area contributed by atoms with Gasteiger partial charge in [-0.3, -0.25) is 0 Å². The number of thiophene rings is 1. The van der Waals surface area contributed by atoms with Crippen molar-refractivity contribution in [1.29, 1.82) is 0 Å². The summed E-state index contributed by atoms with van der Waals surface area (Å²) < 4.78 is 5.51. The Hall–Kier alpha value is -2.22. The summed E-state index contributed by atoms with van der Waals surface area (Å²) >= 11 is 1.69. The topological polar surface area (TPSA) is 71.2 Å². The molecule has 0 bridgehead atoms. The van der Waals surface area contributed by atoms with Gasteiger partial charge in [0.15, 0.2) is 0 Å². The lowest BCUT2D eigenvalue weighted by Gasteiger charge is -2.32. The number of hydrogen-bond donors (Lipinski definition) is 0. The van der Waals surface area contributed by atoms with Gasteiger partial charge >= 0.3 is 0 Å². The molecule has 0 aliphatic carbocycles. The van der Waals surface area contributed by atoms with E-state index in [-0.39, 0.29) is 5.92 Å². The number of anilines is 2. The minimum absolute atomic E-state index is 0.235. The Morgan fingerprint density at radius 3 is 2.84 bits per heavy atom. The number of nitrogens with zero attached hydrogens (tertiary/aromatic N) is 6. The van der Waals surface area contributed by atoms with Crippen molar-refractivity contribution in [1.82, 2.24) is 20.1 Å². The summed E-state index contributed by atoms with van der Waals surface area (Å²) in [6, 6.07) is 0. The molecule has 132 valence electrons. The maximum Gasteiger partial charge on any atom is 0.265 e. The van der Waals surface area contributed by atoms with Gasteiger partial charge in [-0.2, -0.15) is 4.98 Å². The van der Waals surface area contributed by atoms with Crippen LogP contribution in [0.3, 0.4) is 0 Å². The summed E-state index contributed by atoms with van der Waals surface area (Å²) in [6.45, 7) is 5.92. The summed E-state index contributed by atoms with van der Waals surface area (Å²) in [4.78, 5) is 19.2. The molecule has 0 spiro atoms. The Labute approximate surface area is 150 Å². The zero-order valence-electron chi connectivity index (χ0n) is 15.0. The van der Waals surface area contributed by atoms with Crippen LogP contribution in [0, 0.1) is 13.8 Å². The summed E-state index contributed by atoms with van der Waals surface area (Å²) in [5.74, 6) is 3.44. The van der Waals surface area contributed by atoms with Crippen LogP contribution < -0.4 is 9.80 Å². The second kappa shape index (κ2) is 6.25. The lowest BCUT2D eigenvalue weighted by atomic mass is 9.97. The molecule has 1 fully saturated rings. The van der Waals surface area contributed by atoms with Crippen LogP contribution in [0.25, 0.3) is 10.2 Å². The molecule has 0 amide bonds. The van der Waals surface area contributed by atoms with Crippen LogP contribution in [0.4, 0.5) is 11.8 Å². The van der Waals surface area contributed by atoms with E-state index in [1.807, 2.05) is 25.9 Å². The standard InChI is InChI=1S/C17H22N6OS/c1-10-9-25-16-13(10)14(18-11(2)19-16)23-7-5-6-12(8-23)15-20-17(21-24-15)22(3)4/h9,12H,5-8H2,1-4H3. The van der Waals surface area contributed by atoms with Crippen molar-refractivity contribution in [2.24, 2.45) is 0 Å². The molecule has 4 rings (SSSR count). The van der Waals surface area contributed by atoms with Crippen molar-refractivity contribution in [3.05, 3.63) is 22.7 Å². The highest BCUT2D eigenvalue weighted by molar-refractivity contribution is 7.17. The fourth-order valence-electron chi connectivity index (χ4n) is 3.34. The lowest BCUT2D eigenvalue weighted by molar-refractivity contribution is 0.333. The predicted octanol–water partition coefficient (Wildman–Crippen LogP) is 3.14. The molecule has 1 unspecified atom stereocenters. The zero-order chi connectivity index (χ0) is 17.6. The van der Waals surface area contributed by atoms with Crippen molar-refractivity contribution >= 4 is 33.3 Å². The van der Waals surface area contributed by atoms with Gasteiger partial charge in [0.1, 0.15) is 16.5 Å².